The molecule has 1 aliphatic rings. The lowest BCUT2D eigenvalue weighted by Crippen LogP contribution is -2.29. The Balaban J connectivity index is 2.05. The number of para-hydroxylation sites is 1. The van der Waals surface area contributed by atoms with Crippen LogP contribution in [0.1, 0.15) is 25.7 Å². The van der Waals surface area contributed by atoms with E-state index in [0.717, 1.165) is 25.7 Å². The van der Waals surface area contributed by atoms with Crippen molar-refractivity contribution in [1.29, 1.82) is 0 Å². The minimum Gasteiger partial charge on any atom is -0.487 e. The first-order valence-electron chi connectivity index (χ1n) is 5.94. The van der Waals surface area contributed by atoms with Gasteiger partial charge in [0, 0.05) is 13.5 Å². The summed E-state index contributed by atoms with van der Waals surface area (Å²) in [7, 11) is 1.75. The van der Waals surface area contributed by atoms with Crippen LogP contribution in [-0.2, 0) is 4.74 Å². The summed E-state index contributed by atoms with van der Waals surface area (Å²) in [6.07, 6.45) is 4.60. The Labute approximate surface area is 107 Å². The van der Waals surface area contributed by atoms with Crippen molar-refractivity contribution < 1.29 is 9.47 Å². The standard InChI is InChI=1S/C13H18ClNO2/c1-16-9-4-2-5-10(8-9)17-13-11(14)6-3-7-12(13)15/h3,6-7,9-10H,2,4-5,8,15H2,1H3. The van der Waals surface area contributed by atoms with Gasteiger partial charge in [-0.05, 0) is 31.4 Å². The lowest BCUT2D eigenvalue weighted by molar-refractivity contribution is 0.0212. The van der Waals surface area contributed by atoms with E-state index in [1.165, 1.54) is 0 Å². The van der Waals surface area contributed by atoms with E-state index in [2.05, 4.69) is 0 Å². The normalized spacial score (nSPS) is 24.6. The maximum Gasteiger partial charge on any atom is 0.161 e. The third-order valence-electron chi connectivity index (χ3n) is 3.19. The summed E-state index contributed by atoms with van der Waals surface area (Å²) in [4.78, 5) is 0. The highest BCUT2D eigenvalue weighted by Crippen LogP contribution is 2.34. The molecule has 1 aliphatic carbocycles. The first-order chi connectivity index (χ1) is 8.20. The number of hydrogen-bond donors (Lipinski definition) is 1. The van der Waals surface area contributed by atoms with Crippen molar-refractivity contribution in [3.05, 3.63) is 23.2 Å². The van der Waals surface area contributed by atoms with Gasteiger partial charge in [0.25, 0.3) is 0 Å². The third kappa shape index (κ3) is 3.05. The molecule has 0 spiro atoms. The van der Waals surface area contributed by atoms with Crippen LogP contribution in [0.2, 0.25) is 5.02 Å². The summed E-state index contributed by atoms with van der Waals surface area (Å²) >= 11 is 6.08. The van der Waals surface area contributed by atoms with E-state index in [-0.39, 0.29) is 12.2 Å². The topological polar surface area (TPSA) is 44.5 Å². The molecule has 1 aromatic carbocycles. The van der Waals surface area contributed by atoms with Gasteiger partial charge in [-0.3, -0.25) is 0 Å². The summed E-state index contributed by atoms with van der Waals surface area (Å²) in [5.74, 6) is 0.607. The van der Waals surface area contributed by atoms with Gasteiger partial charge in [-0.25, -0.2) is 0 Å². The molecule has 0 bridgehead atoms. The summed E-state index contributed by atoms with van der Waals surface area (Å²) in [5, 5.41) is 0.574. The van der Waals surface area contributed by atoms with Crippen LogP contribution in [0.5, 0.6) is 5.75 Å². The Morgan fingerprint density at radius 3 is 2.76 bits per heavy atom. The quantitative estimate of drug-likeness (QED) is 0.844. The van der Waals surface area contributed by atoms with Gasteiger partial charge in [0.1, 0.15) is 6.10 Å². The van der Waals surface area contributed by atoms with E-state index in [4.69, 9.17) is 26.8 Å². The Morgan fingerprint density at radius 1 is 1.29 bits per heavy atom. The lowest BCUT2D eigenvalue weighted by atomic mass is 9.95. The SMILES string of the molecule is COC1CCCC(Oc2c(N)cccc2Cl)C1. The molecule has 4 heteroatoms. The van der Waals surface area contributed by atoms with Gasteiger partial charge in [-0.1, -0.05) is 17.7 Å². The Morgan fingerprint density at radius 2 is 2.06 bits per heavy atom. The van der Waals surface area contributed by atoms with Gasteiger partial charge in [0.15, 0.2) is 5.75 Å². The predicted molar refractivity (Wildman–Crippen MR) is 69.5 cm³/mol. The van der Waals surface area contributed by atoms with E-state index in [0.29, 0.717) is 16.5 Å². The molecular formula is C13H18ClNO2. The van der Waals surface area contributed by atoms with Crippen molar-refractivity contribution in [1.82, 2.24) is 0 Å². The Bertz CT molecular complexity index is 363. The average molecular weight is 256 g/mol. The van der Waals surface area contributed by atoms with Gasteiger partial charge in [-0.2, -0.15) is 0 Å². The number of nitrogen functional groups attached to an aromatic ring is 1. The molecule has 0 radical (unpaired) electrons. The molecule has 0 saturated heterocycles. The van der Waals surface area contributed by atoms with Crippen molar-refractivity contribution >= 4 is 17.3 Å². The summed E-state index contributed by atoms with van der Waals surface area (Å²) in [6, 6.07) is 5.42. The fourth-order valence-electron chi connectivity index (χ4n) is 2.24. The molecule has 1 fully saturated rings. The zero-order valence-corrected chi connectivity index (χ0v) is 10.7. The molecular weight excluding hydrogens is 238 g/mol. The van der Waals surface area contributed by atoms with Crippen molar-refractivity contribution in [2.45, 2.75) is 37.9 Å². The van der Waals surface area contributed by atoms with Crippen LogP contribution >= 0.6 is 11.6 Å². The maximum absolute atomic E-state index is 6.08. The highest BCUT2D eigenvalue weighted by Gasteiger charge is 2.24. The Kier molecular flexibility index (Phi) is 4.13. The minimum absolute atomic E-state index is 0.149. The van der Waals surface area contributed by atoms with Crippen LogP contribution in [-0.4, -0.2) is 19.3 Å². The van der Waals surface area contributed by atoms with Crippen LogP contribution in [0.4, 0.5) is 5.69 Å². The van der Waals surface area contributed by atoms with Crippen molar-refractivity contribution in [3.8, 4) is 5.75 Å². The van der Waals surface area contributed by atoms with Crippen LogP contribution in [0.3, 0.4) is 0 Å². The first-order valence-corrected chi connectivity index (χ1v) is 6.32. The minimum atomic E-state index is 0.149. The number of hydrogen-bond acceptors (Lipinski definition) is 3. The predicted octanol–water partition coefficient (Wildman–Crippen LogP) is 3.26. The van der Waals surface area contributed by atoms with Crippen LogP contribution < -0.4 is 10.5 Å². The van der Waals surface area contributed by atoms with Crippen molar-refractivity contribution in [3.63, 3.8) is 0 Å². The summed E-state index contributed by atoms with van der Waals surface area (Å²) < 4.78 is 11.3. The van der Waals surface area contributed by atoms with Crippen molar-refractivity contribution in [2.24, 2.45) is 0 Å². The fourth-order valence-corrected chi connectivity index (χ4v) is 2.47. The second kappa shape index (κ2) is 5.61. The van der Waals surface area contributed by atoms with E-state index in [1.54, 1.807) is 19.2 Å². The van der Waals surface area contributed by atoms with Gasteiger partial charge in [0.2, 0.25) is 0 Å². The number of methoxy groups -OCH3 is 1. The van der Waals surface area contributed by atoms with Crippen molar-refractivity contribution in [2.75, 3.05) is 12.8 Å². The number of benzene rings is 1. The van der Waals surface area contributed by atoms with Gasteiger partial charge >= 0.3 is 0 Å². The highest BCUT2D eigenvalue weighted by atomic mass is 35.5. The molecule has 0 aliphatic heterocycles. The molecule has 2 unspecified atom stereocenters. The molecule has 0 amide bonds. The Hall–Kier alpha value is -0.930. The number of halogens is 1. The molecule has 94 valence electrons. The molecule has 17 heavy (non-hydrogen) atoms. The molecule has 0 aromatic heterocycles. The molecule has 3 nitrogen and oxygen atoms in total. The second-order valence-electron chi connectivity index (χ2n) is 4.42. The zero-order chi connectivity index (χ0) is 12.3. The third-order valence-corrected chi connectivity index (χ3v) is 3.49. The summed E-state index contributed by atoms with van der Waals surface area (Å²) in [6.45, 7) is 0. The largest absolute Gasteiger partial charge is 0.487 e. The van der Waals surface area contributed by atoms with Crippen LogP contribution in [0.15, 0.2) is 18.2 Å². The molecule has 2 N–H and O–H groups in total. The number of ether oxygens (including phenoxy) is 2. The van der Waals surface area contributed by atoms with E-state index >= 15 is 0 Å². The summed E-state index contributed by atoms with van der Waals surface area (Å²) in [5.41, 5.74) is 6.46. The average Bonchev–Trinajstić information content (AvgIpc) is 2.34. The van der Waals surface area contributed by atoms with E-state index in [1.807, 2.05) is 6.07 Å². The molecule has 0 heterocycles. The van der Waals surface area contributed by atoms with Gasteiger partial charge < -0.3 is 15.2 Å². The zero-order valence-electron chi connectivity index (χ0n) is 9.99. The van der Waals surface area contributed by atoms with E-state index in [9.17, 15) is 0 Å². The lowest BCUT2D eigenvalue weighted by Gasteiger charge is -2.29. The highest BCUT2D eigenvalue weighted by molar-refractivity contribution is 6.32. The van der Waals surface area contributed by atoms with Crippen LogP contribution in [0, 0.1) is 0 Å². The fraction of sp³-hybridized carbons (Fsp3) is 0.538. The molecule has 1 aromatic rings. The van der Waals surface area contributed by atoms with Crippen LogP contribution in [0.25, 0.3) is 0 Å². The smallest absolute Gasteiger partial charge is 0.161 e. The molecule has 2 atom stereocenters. The number of anilines is 1. The monoisotopic (exact) mass is 255 g/mol. The molecule has 2 rings (SSSR count). The number of nitrogens with two attached hydrogens (primary N) is 1. The maximum atomic E-state index is 6.08. The van der Waals surface area contributed by atoms with Gasteiger partial charge in [0.05, 0.1) is 16.8 Å². The van der Waals surface area contributed by atoms with E-state index < -0.39 is 0 Å². The first kappa shape index (κ1) is 12.5. The number of rotatable bonds is 3. The second-order valence-corrected chi connectivity index (χ2v) is 4.83. The molecule has 1 saturated carbocycles. The van der Waals surface area contributed by atoms with Gasteiger partial charge in [-0.15, -0.1) is 0 Å².